The van der Waals surface area contributed by atoms with E-state index in [9.17, 15) is 39.3 Å². The van der Waals surface area contributed by atoms with Crippen molar-refractivity contribution in [3.63, 3.8) is 0 Å². The number of aromatic amines is 1. The summed E-state index contributed by atoms with van der Waals surface area (Å²) >= 11 is 0.955. The van der Waals surface area contributed by atoms with E-state index in [1.54, 1.807) is 24.3 Å². The molecule has 17 nitrogen and oxygen atoms in total. The van der Waals surface area contributed by atoms with E-state index in [1.807, 2.05) is 25.1 Å². The van der Waals surface area contributed by atoms with Crippen molar-refractivity contribution < 1.29 is 52.7 Å². The topological polar surface area (TPSA) is 254 Å². The van der Waals surface area contributed by atoms with Crippen LogP contribution in [0.4, 0.5) is 0 Å². The van der Waals surface area contributed by atoms with Gasteiger partial charge in [0.25, 0.3) is 5.91 Å². The van der Waals surface area contributed by atoms with Gasteiger partial charge in [-0.1, -0.05) is 18.2 Å². The maximum absolute atomic E-state index is 12.8. The Labute approximate surface area is 372 Å². The Balaban J connectivity index is 0.000000195. The third kappa shape index (κ3) is 11.3. The summed E-state index contributed by atoms with van der Waals surface area (Å²) in [5.41, 5.74) is 1.87. The number of benzene rings is 5. The molecule has 0 saturated carbocycles. The molecule has 6 aromatic rings. The Morgan fingerprint density at radius 3 is 2.26 bits per heavy atom. The molecule has 0 bridgehead atoms. The van der Waals surface area contributed by atoms with Crippen molar-refractivity contribution in [2.24, 2.45) is 0 Å². The molecule has 3 heterocycles. The fourth-order valence-electron chi connectivity index (χ4n) is 6.66. The Morgan fingerprint density at radius 2 is 1.51 bits per heavy atom. The van der Waals surface area contributed by atoms with Crippen molar-refractivity contribution in [2.75, 3.05) is 33.0 Å². The smallest absolute Gasteiger partial charge is 0.348 e. The molecule has 8 rings (SSSR count). The van der Waals surface area contributed by atoms with Gasteiger partial charge >= 0.3 is 11.6 Å². The SMILES string of the molecule is CCOCCOCCOCc1cc(O)cc2oc(=O)c(C(=O)Sc3ccccc3)cc12.O=C(NCc1cn[nH]n1)c1ccc(C(=O)O)c(-c2c3ccc(=O)cc-3oc3cc(O)ccc23)c1. The third-order valence-electron chi connectivity index (χ3n) is 9.66. The maximum atomic E-state index is 12.8. The van der Waals surface area contributed by atoms with Gasteiger partial charge in [0.05, 0.1) is 51.3 Å². The largest absolute Gasteiger partial charge is 0.508 e. The molecule has 2 aromatic heterocycles. The minimum absolute atomic E-state index is 0.0406. The summed E-state index contributed by atoms with van der Waals surface area (Å²) in [6.45, 7) is 4.62. The molecular weight excluding hydrogens is 861 g/mol. The van der Waals surface area contributed by atoms with Crippen molar-refractivity contribution in [3.05, 3.63) is 158 Å². The fraction of sp³-hybridized carbons (Fsp3) is 0.170. The lowest BCUT2D eigenvalue weighted by molar-refractivity contribution is 0.0130. The predicted molar refractivity (Wildman–Crippen MR) is 238 cm³/mol. The minimum Gasteiger partial charge on any atom is -0.508 e. The van der Waals surface area contributed by atoms with Gasteiger partial charge in [0.15, 0.2) is 5.43 Å². The molecule has 1 aliphatic heterocycles. The molecule has 1 amide bonds. The van der Waals surface area contributed by atoms with Gasteiger partial charge in [-0.15, -0.1) is 0 Å². The first-order valence-electron chi connectivity index (χ1n) is 20.0. The van der Waals surface area contributed by atoms with Crippen LogP contribution < -0.4 is 16.4 Å². The van der Waals surface area contributed by atoms with E-state index < -0.39 is 22.6 Å². The second kappa shape index (κ2) is 21.2. The van der Waals surface area contributed by atoms with Crippen LogP contribution in [-0.2, 0) is 27.4 Å². The van der Waals surface area contributed by atoms with Gasteiger partial charge in [-0.05, 0) is 96.5 Å². The van der Waals surface area contributed by atoms with Crippen LogP contribution >= 0.6 is 11.8 Å². The molecule has 0 saturated heterocycles. The lowest BCUT2D eigenvalue weighted by atomic mass is 9.89. The molecule has 18 heteroatoms. The van der Waals surface area contributed by atoms with Crippen LogP contribution in [-0.4, -0.2) is 80.8 Å². The highest BCUT2D eigenvalue weighted by molar-refractivity contribution is 8.14. The first-order chi connectivity index (χ1) is 31.5. The number of aromatic hydroxyl groups is 2. The van der Waals surface area contributed by atoms with E-state index >= 15 is 0 Å². The number of aromatic nitrogens is 3. The van der Waals surface area contributed by atoms with Crippen LogP contribution in [0.25, 0.3) is 44.4 Å². The molecule has 0 radical (unpaired) electrons. The monoisotopic (exact) mass is 900 g/mol. The number of rotatable bonds is 16. The number of hydrogen-bond donors (Lipinski definition) is 5. The van der Waals surface area contributed by atoms with E-state index in [2.05, 4.69) is 20.7 Å². The Bertz CT molecular complexity index is 3060. The van der Waals surface area contributed by atoms with Gasteiger partial charge in [-0.2, -0.15) is 15.4 Å². The zero-order valence-corrected chi connectivity index (χ0v) is 35.4. The van der Waals surface area contributed by atoms with E-state index in [0.29, 0.717) is 66.2 Å². The average molecular weight is 901 g/mol. The highest BCUT2D eigenvalue weighted by atomic mass is 32.2. The highest BCUT2D eigenvalue weighted by Gasteiger charge is 2.24. The lowest BCUT2D eigenvalue weighted by Crippen LogP contribution is -2.23. The summed E-state index contributed by atoms with van der Waals surface area (Å²) in [6, 6.07) is 26.3. The molecule has 0 atom stereocenters. The van der Waals surface area contributed by atoms with Gasteiger partial charge in [-0.3, -0.25) is 14.4 Å². The van der Waals surface area contributed by atoms with Crippen LogP contribution in [0, 0.1) is 0 Å². The number of aromatic carboxylic acids is 1. The molecule has 332 valence electrons. The number of phenolic OH excluding ortho intramolecular Hbond substituents is 2. The second-order valence-electron chi connectivity index (χ2n) is 14.1. The molecule has 4 aromatic carbocycles. The van der Waals surface area contributed by atoms with E-state index in [1.165, 1.54) is 66.9 Å². The number of fused-ring (bicyclic) bond motifs is 3. The number of ether oxygens (including phenoxy) is 3. The fourth-order valence-corrected chi connectivity index (χ4v) is 7.42. The van der Waals surface area contributed by atoms with Gasteiger partial charge in [0, 0.05) is 57.2 Å². The molecule has 1 aliphatic carbocycles. The Kier molecular flexibility index (Phi) is 14.8. The molecular formula is C47H40N4O13S. The number of amides is 1. The molecule has 0 spiro atoms. The lowest BCUT2D eigenvalue weighted by Gasteiger charge is -2.17. The van der Waals surface area contributed by atoms with Gasteiger partial charge in [-0.25, -0.2) is 9.59 Å². The number of carboxylic acids is 1. The summed E-state index contributed by atoms with van der Waals surface area (Å²) in [7, 11) is 0. The summed E-state index contributed by atoms with van der Waals surface area (Å²) in [5, 5.41) is 43.2. The van der Waals surface area contributed by atoms with Crippen LogP contribution in [0.1, 0.15) is 49.3 Å². The normalized spacial score (nSPS) is 11.1. The van der Waals surface area contributed by atoms with Gasteiger partial charge in [0.1, 0.15) is 39.7 Å². The maximum Gasteiger partial charge on any atom is 0.348 e. The number of H-pyrrole nitrogens is 1. The van der Waals surface area contributed by atoms with Crippen molar-refractivity contribution in [1.29, 1.82) is 0 Å². The first kappa shape index (κ1) is 45.4. The van der Waals surface area contributed by atoms with Crippen LogP contribution in [0.15, 0.2) is 133 Å². The zero-order valence-electron chi connectivity index (χ0n) is 34.6. The van der Waals surface area contributed by atoms with Gasteiger partial charge < -0.3 is 43.7 Å². The minimum atomic E-state index is -1.19. The number of carbonyl (C=O) groups is 3. The van der Waals surface area contributed by atoms with Crippen LogP contribution in [0.3, 0.4) is 0 Å². The standard InChI is InChI=1S/C24H16N4O6.C23H24O7S/c29-14-2-5-17-20(8-14)34-21-9-15(30)3-6-18(21)22(17)19-7-12(1-4-16(19)24(32)33)23(31)25-10-13-11-26-28-27-13;1-2-27-8-9-28-10-11-29-15-16-12-17(24)13-21-19(16)14-20(22(25)30-21)23(26)31-18-6-4-3-5-7-18/h1-9,11,29H,10H2,(H,25,31)(H,32,33)(H,26,27,28);3-7,12-14,24H,2,8-11,15H2,1H3. The zero-order chi connectivity index (χ0) is 45.9. The molecule has 0 fully saturated rings. The molecule has 2 aliphatic rings. The number of carboxylic acid groups (broad SMARTS) is 1. The highest BCUT2D eigenvalue weighted by Crippen LogP contribution is 2.42. The van der Waals surface area contributed by atoms with Crippen LogP contribution in [0.2, 0.25) is 0 Å². The van der Waals surface area contributed by atoms with Crippen molar-refractivity contribution in [3.8, 4) is 33.9 Å². The van der Waals surface area contributed by atoms with Gasteiger partial charge in [0.2, 0.25) is 5.12 Å². The summed E-state index contributed by atoms with van der Waals surface area (Å²) in [4.78, 5) is 62.6. The van der Waals surface area contributed by atoms with Crippen LogP contribution in [0.5, 0.6) is 11.5 Å². The number of carbonyl (C=O) groups excluding carboxylic acids is 2. The number of phenols is 2. The molecule has 65 heavy (non-hydrogen) atoms. The number of nitrogens with one attached hydrogen (secondary N) is 2. The molecule has 0 unspecified atom stereocenters. The first-order valence-corrected chi connectivity index (χ1v) is 20.8. The van der Waals surface area contributed by atoms with E-state index in [0.717, 1.165) is 16.7 Å². The second-order valence-corrected chi connectivity index (χ2v) is 15.1. The summed E-state index contributed by atoms with van der Waals surface area (Å²) < 4.78 is 27.4. The van der Waals surface area contributed by atoms with E-state index in [-0.39, 0.29) is 69.3 Å². The van der Waals surface area contributed by atoms with Crippen molar-refractivity contribution in [1.82, 2.24) is 20.7 Å². The summed E-state index contributed by atoms with van der Waals surface area (Å²) in [6.07, 6.45) is 1.48. The number of hydrogen-bond acceptors (Lipinski definition) is 15. The summed E-state index contributed by atoms with van der Waals surface area (Å²) in [5.74, 6) is -1.52. The van der Waals surface area contributed by atoms with Crippen molar-refractivity contribution in [2.45, 2.75) is 25.0 Å². The number of nitrogens with zero attached hydrogens (tertiary/aromatic N) is 2. The average Bonchev–Trinajstić information content (AvgIpc) is 3.82. The number of thioether (sulfide) groups is 1. The third-order valence-corrected chi connectivity index (χ3v) is 10.6. The van der Waals surface area contributed by atoms with Crippen molar-refractivity contribution >= 4 is 50.7 Å². The van der Waals surface area contributed by atoms with E-state index in [4.69, 9.17) is 23.0 Å². The Morgan fingerprint density at radius 1 is 0.754 bits per heavy atom. The predicted octanol–water partition coefficient (Wildman–Crippen LogP) is 7.02. The molecule has 5 N–H and O–H groups in total. The quantitative estimate of drug-likeness (QED) is 0.0283. The Hall–Kier alpha value is -7.64.